The van der Waals surface area contributed by atoms with Gasteiger partial charge in [0.25, 0.3) is 0 Å². The van der Waals surface area contributed by atoms with Crippen LogP contribution < -0.4 is 5.32 Å². The first kappa shape index (κ1) is 12.3. The molecule has 0 amide bonds. The third-order valence-electron chi connectivity index (χ3n) is 2.33. The van der Waals surface area contributed by atoms with E-state index in [2.05, 4.69) is 30.8 Å². The van der Waals surface area contributed by atoms with Gasteiger partial charge in [0.1, 0.15) is 0 Å². The lowest BCUT2D eigenvalue weighted by Gasteiger charge is -2.08. The van der Waals surface area contributed by atoms with Crippen LogP contribution in [0.1, 0.15) is 32.0 Å². The van der Waals surface area contributed by atoms with Crippen LogP contribution in [-0.2, 0) is 6.54 Å². The van der Waals surface area contributed by atoms with Crippen LogP contribution in [0.5, 0.6) is 0 Å². The zero-order valence-electron chi connectivity index (χ0n) is 9.33. The number of nitrogens with zero attached hydrogens (tertiary/aromatic N) is 2. The van der Waals surface area contributed by atoms with E-state index in [0.717, 1.165) is 18.7 Å². The first-order valence-electron chi connectivity index (χ1n) is 5.21. The zero-order valence-corrected chi connectivity index (χ0v) is 10.1. The summed E-state index contributed by atoms with van der Waals surface area (Å²) in [6.07, 6.45) is 3.10. The van der Waals surface area contributed by atoms with Crippen molar-refractivity contribution in [1.82, 2.24) is 15.1 Å². The van der Waals surface area contributed by atoms with Crippen molar-refractivity contribution in [1.29, 1.82) is 0 Å². The monoisotopic (exact) mass is 227 g/mol. The minimum absolute atomic E-state index is 0.460. The summed E-state index contributed by atoms with van der Waals surface area (Å²) in [7, 11) is 0. The van der Waals surface area contributed by atoms with Gasteiger partial charge in [-0.15, -0.1) is 0 Å². The Kier molecular flexibility index (Phi) is 4.85. The first-order chi connectivity index (χ1) is 7.13. The van der Waals surface area contributed by atoms with Crippen molar-refractivity contribution in [2.45, 2.75) is 32.9 Å². The van der Waals surface area contributed by atoms with Crippen LogP contribution >= 0.6 is 11.6 Å². The van der Waals surface area contributed by atoms with Gasteiger partial charge in [-0.1, -0.05) is 25.1 Å². The highest BCUT2D eigenvalue weighted by molar-refractivity contribution is 6.29. The van der Waals surface area contributed by atoms with Crippen molar-refractivity contribution in [3.8, 4) is 0 Å². The van der Waals surface area contributed by atoms with Gasteiger partial charge in [-0.05, 0) is 19.4 Å². The number of hydrogen-bond acceptors (Lipinski definition) is 2. The average Bonchev–Trinajstić information content (AvgIpc) is 2.65. The normalized spacial score (nSPS) is 12.7. The average molecular weight is 228 g/mol. The van der Waals surface area contributed by atoms with Crippen molar-refractivity contribution < 1.29 is 0 Å². The molecule has 15 heavy (non-hydrogen) atoms. The molecule has 1 aromatic heterocycles. The fourth-order valence-corrected chi connectivity index (χ4v) is 1.32. The maximum atomic E-state index is 5.64. The maximum Gasteiger partial charge on any atom is 0.0762 e. The smallest absolute Gasteiger partial charge is 0.0762 e. The lowest BCUT2D eigenvalue weighted by molar-refractivity contribution is 0.472. The summed E-state index contributed by atoms with van der Waals surface area (Å²) in [5, 5.41) is 8.24. The predicted molar refractivity (Wildman–Crippen MR) is 63.9 cm³/mol. The fraction of sp³-hybridized carbons (Fsp3) is 0.545. The van der Waals surface area contributed by atoms with Crippen molar-refractivity contribution >= 4 is 11.6 Å². The first-order valence-corrected chi connectivity index (χ1v) is 5.59. The van der Waals surface area contributed by atoms with Crippen LogP contribution in [0.4, 0.5) is 0 Å². The molecule has 1 aromatic rings. The third kappa shape index (κ3) is 4.06. The summed E-state index contributed by atoms with van der Waals surface area (Å²) in [6.45, 7) is 9.28. The van der Waals surface area contributed by atoms with Crippen LogP contribution in [0.15, 0.2) is 23.9 Å². The lowest BCUT2D eigenvalue weighted by atomic mass is 10.3. The Morgan fingerprint density at radius 1 is 1.73 bits per heavy atom. The Morgan fingerprint density at radius 2 is 2.47 bits per heavy atom. The molecule has 4 heteroatoms. The number of nitrogens with one attached hydrogen (secondary N) is 1. The molecule has 0 aliphatic carbocycles. The van der Waals surface area contributed by atoms with E-state index in [1.165, 1.54) is 0 Å². The molecule has 1 unspecified atom stereocenters. The minimum atomic E-state index is 0.460. The van der Waals surface area contributed by atoms with E-state index in [-0.39, 0.29) is 0 Å². The number of aromatic nitrogens is 2. The highest BCUT2D eigenvalue weighted by Gasteiger charge is 2.03. The predicted octanol–water partition coefficient (Wildman–Crippen LogP) is 2.70. The molecule has 0 saturated heterocycles. The summed E-state index contributed by atoms with van der Waals surface area (Å²) in [5.41, 5.74) is 1.04. The SMILES string of the molecule is C=C(Cl)CNCc1ccn(C(C)CC)n1. The molecule has 0 aliphatic heterocycles. The van der Waals surface area contributed by atoms with Crippen LogP contribution in [0.3, 0.4) is 0 Å². The van der Waals surface area contributed by atoms with Crippen LogP contribution in [-0.4, -0.2) is 16.3 Å². The number of hydrogen-bond donors (Lipinski definition) is 1. The Labute approximate surface area is 96.1 Å². The second-order valence-corrected chi connectivity index (χ2v) is 4.20. The molecule has 3 nitrogen and oxygen atoms in total. The van der Waals surface area contributed by atoms with Gasteiger partial charge in [-0.3, -0.25) is 4.68 Å². The van der Waals surface area contributed by atoms with Gasteiger partial charge in [0, 0.05) is 30.4 Å². The molecule has 1 atom stereocenters. The Bertz CT molecular complexity index is 319. The third-order valence-corrected chi connectivity index (χ3v) is 2.46. The van der Waals surface area contributed by atoms with Crippen molar-refractivity contribution in [2.24, 2.45) is 0 Å². The van der Waals surface area contributed by atoms with E-state index >= 15 is 0 Å². The van der Waals surface area contributed by atoms with Gasteiger partial charge in [-0.2, -0.15) is 5.10 Å². The van der Waals surface area contributed by atoms with E-state index in [4.69, 9.17) is 11.6 Å². The van der Waals surface area contributed by atoms with Gasteiger partial charge >= 0.3 is 0 Å². The molecular weight excluding hydrogens is 210 g/mol. The van der Waals surface area contributed by atoms with Crippen LogP contribution in [0.2, 0.25) is 0 Å². The molecular formula is C11H18ClN3. The molecule has 0 radical (unpaired) electrons. The Balaban J connectivity index is 2.42. The van der Waals surface area contributed by atoms with Gasteiger partial charge < -0.3 is 5.32 Å². The maximum absolute atomic E-state index is 5.64. The molecule has 0 spiro atoms. The van der Waals surface area contributed by atoms with Crippen molar-refractivity contribution in [3.05, 3.63) is 29.6 Å². The van der Waals surface area contributed by atoms with E-state index in [0.29, 0.717) is 17.6 Å². The second kappa shape index (κ2) is 5.93. The minimum Gasteiger partial charge on any atom is -0.306 e. The zero-order chi connectivity index (χ0) is 11.3. The molecule has 0 aromatic carbocycles. The lowest BCUT2D eigenvalue weighted by Crippen LogP contribution is -2.15. The van der Waals surface area contributed by atoms with Gasteiger partial charge in [-0.25, -0.2) is 0 Å². The van der Waals surface area contributed by atoms with Gasteiger partial charge in [0.15, 0.2) is 0 Å². The van der Waals surface area contributed by atoms with E-state index in [1.807, 2.05) is 16.9 Å². The summed E-state index contributed by atoms with van der Waals surface area (Å²) < 4.78 is 1.99. The fourth-order valence-electron chi connectivity index (χ4n) is 1.23. The summed E-state index contributed by atoms with van der Waals surface area (Å²) >= 11 is 5.64. The largest absolute Gasteiger partial charge is 0.306 e. The molecule has 1 rings (SSSR count). The molecule has 0 saturated carbocycles. The van der Waals surface area contributed by atoms with Crippen molar-refractivity contribution in [3.63, 3.8) is 0 Å². The molecule has 84 valence electrons. The standard InChI is InChI=1S/C11H18ClN3/c1-4-10(3)15-6-5-11(14-15)8-13-7-9(2)12/h5-6,10,13H,2,4,7-8H2,1,3H3. The highest BCUT2D eigenvalue weighted by atomic mass is 35.5. The van der Waals surface area contributed by atoms with Gasteiger partial charge in [0.2, 0.25) is 0 Å². The molecule has 0 bridgehead atoms. The quantitative estimate of drug-likeness (QED) is 0.810. The molecule has 1 heterocycles. The highest BCUT2D eigenvalue weighted by Crippen LogP contribution is 2.08. The molecule has 1 N–H and O–H groups in total. The van der Waals surface area contributed by atoms with Crippen LogP contribution in [0.25, 0.3) is 0 Å². The number of rotatable bonds is 6. The Hall–Kier alpha value is -0.800. The number of halogens is 1. The molecule has 0 aliphatic rings. The van der Waals surface area contributed by atoms with E-state index < -0.39 is 0 Å². The summed E-state index contributed by atoms with van der Waals surface area (Å²) in [6, 6.07) is 2.48. The van der Waals surface area contributed by atoms with Gasteiger partial charge in [0.05, 0.1) is 5.69 Å². The van der Waals surface area contributed by atoms with Crippen molar-refractivity contribution in [2.75, 3.05) is 6.54 Å². The Morgan fingerprint density at radius 3 is 3.07 bits per heavy atom. The second-order valence-electron chi connectivity index (χ2n) is 3.67. The van der Waals surface area contributed by atoms with Crippen LogP contribution in [0, 0.1) is 0 Å². The van der Waals surface area contributed by atoms with E-state index in [9.17, 15) is 0 Å². The summed E-state index contributed by atoms with van der Waals surface area (Å²) in [4.78, 5) is 0. The summed E-state index contributed by atoms with van der Waals surface area (Å²) in [5.74, 6) is 0. The molecule has 0 fully saturated rings. The topological polar surface area (TPSA) is 29.9 Å². The van der Waals surface area contributed by atoms with E-state index in [1.54, 1.807) is 0 Å².